The molecule has 1 saturated heterocycles. The first-order valence-corrected chi connectivity index (χ1v) is 7.35. The van der Waals surface area contributed by atoms with Gasteiger partial charge in [0.2, 0.25) is 0 Å². The van der Waals surface area contributed by atoms with Crippen LogP contribution < -0.4 is 0 Å². The van der Waals surface area contributed by atoms with Gasteiger partial charge in [-0.1, -0.05) is 0 Å². The maximum absolute atomic E-state index is 11.2. The Labute approximate surface area is 91.6 Å². The van der Waals surface area contributed by atoms with E-state index >= 15 is 0 Å². The van der Waals surface area contributed by atoms with Gasteiger partial charge in [0.1, 0.15) is 0 Å². The van der Waals surface area contributed by atoms with Crippen molar-refractivity contribution in [2.45, 2.75) is 50.1 Å². The van der Waals surface area contributed by atoms with Crippen LogP contribution in [0, 0.1) is 0 Å². The van der Waals surface area contributed by atoms with E-state index in [0.717, 1.165) is 32.1 Å². The topological polar surface area (TPSA) is 63.6 Å². The summed E-state index contributed by atoms with van der Waals surface area (Å²) in [5, 5.41) is 9.00. The molecule has 0 amide bonds. The van der Waals surface area contributed by atoms with Crippen molar-refractivity contribution in [3.8, 4) is 0 Å². The molecule has 4 nitrogen and oxygen atoms in total. The van der Waals surface area contributed by atoms with E-state index in [2.05, 4.69) is 0 Å². The van der Waals surface area contributed by atoms with Gasteiger partial charge >= 0.3 is 0 Å². The Morgan fingerprint density at radius 2 is 2.20 bits per heavy atom. The highest BCUT2D eigenvalue weighted by Crippen LogP contribution is 2.19. The van der Waals surface area contributed by atoms with Crippen molar-refractivity contribution < 1.29 is 18.3 Å². The van der Waals surface area contributed by atoms with Crippen molar-refractivity contribution >= 4 is 9.84 Å². The Bertz CT molecular complexity index is 280. The molecule has 0 aromatic heterocycles. The highest BCUT2D eigenvalue weighted by molar-refractivity contribution is 7.91. The third-order valence-corrected chi connectivity index (χ3v) is 4.69. The molecule has 3 unspecified atom stereocenters. The van der Waals surface area contributed by atoms with Crippen LogP contribution in [0.5, 0.6) is 0 Å². The van der Waals surface area contributed by atoms with E-state index in [0.29, 0.717) is 6.42 Å². The van der Waals surface area contributed by atoms with E-state index in [1.807, 2.05) is 0 Å². The number of hydrogen-bond acceptors (Lipinski definition) is 4. The first-order chi connectivity index (χ1) is 6.91. The van der Waals surface area contributed by atoms with Gasteiger partial charge < -0.3 is 9.84 Å². The fourth-order valence-corrected chi connectivity index (χ4v) is 2.46. The molecule has 15 heavy (non-hydrogen) atoms. The monoisotopic (exact) mass is 236 g/mol. The summed E-state index contributed by atoms with van der Waals surface area (Å²) in [6, 6.07) is 0. The Balaban J connectivity index is 2.31. The zero-order valence-corrected chi connectivity index (χ0v) is 10.2. The van der Waals surface area contributed by atoms with Crippen molar-refractivity contribution in [2.75, 3.05) is 12.9 Å². The fraction of sp³-hybridized carbons (Fsp3) is 1.00. The number of ether oxygens (including phenoxy) is 1. The normalized spacial score (nSPS) is 26.5. The second-order valence-corrected chi connectivity index (χ2v) is 6.72. The number of aliphatic hydroxyl groups excluding tert-OH is 1. The highest BCUT2D eigenvalue weighted by Gasteiger charge is 2.25. The molecule has 1 heterocycles. The molecule has 1 rings (SSSR count). The molecule has 0 radical (unpaired) electrons. The van der Waals surface area contributed by atoms with Crippen LogP contribution in [0.1, 0.15) is 32.6 Å². The lowest BCUT2D eigenvalue weighted by Gasteiger charge is -2.18. The Morgan fingerprint density at radius 3 is 2.67 bits per heavy atom. The van der Waals surface area contributed by atoms with Crippen molar-refractivity contribution in [3.63, 3.8) is 0 Å². The predicted octanol–water partition coefficient (Wildman–Crippen LogP) is 0.740. The molecule has 0 bridgehead atoms. The van der Waals surface area contributed by atoms with E-state index in [9.17, 15) is 13.5 Å². The van der Waals surface area contributed by atoms with E-state index in [1.54, 1.807) is 6.92 Å². The molecule has 1 N–H and O–H groups in total. The minimum Gasteiger partial charge on any atom is -0.392 e. The smallest absolute Gasteiger partial charge is 0.152 e. The number of hydrogen-bond donors (Lipinski definition) is 1. The van der Waals surface area contributed by atoms with Crippen molar-refractivity contribution in [3.05, 3.63) is 0 Å². The van der Waals surface area contributed by atoms with Gasteiger partial charge in [-0.3, -0.25) is 0 Å². The first kappa shape index (κ1) is 12.9. The summed E-state index contributed by atoms with van der Waals surface area (Å²) in [4.78, 5) is 0. The minimum absolute atomic E-state index is 0.214. The molecule has 3 atom stereocenters. The minimum atomic E-state index is -3.14. The van der Waals surface area contributed by atoms with Gasteiger partial charge in [0, 0.05) is 12.9 Å². The number of sulfone groups is 1. The van der Waals surface area contributed by atoms with Gasteiger partial charge in [-0.25, -0.2) is 8.42 Å². The molecule has 0 aliphatic carbocycles. The van der Waals surface area contributed by atoms with Crippen LogP contribution in [-0.4, -0.2) is 43.8 Å². The molecule has 1 aliphatic heterocycles. The van der Waals surface area contributed by atoms with E-state index < -0.39 is 21.2 Å². The lowest BCUT2D eigenvalue weighted by molar-refractivity contribution is 0.0810. The summed E-state index contributed by atoms with van der Waals surface area (Å²) < 4.78 is 27.8. The molecule has 0 aromatic rings. The van der Waals surface area contributed by atoms with Crippen LogP contribution in [0.25, 0.3) is 0 Å². The zero-order valence-electron chi connectivity index (χ0n) is 9.35. The molecule has 90 valence electrons. The largest absolute Gasteiger partial charge is 0.392 e. The van der Waals surface area contributed by atoms with Crippen LogP contribution in [0.15, 0.2) is 0 Å². The molecule has 0 aromatic carbocycles. The van der Waals surface area contributed by atoms with Crippen LogP contribution in [0.3, 0.4) is 0 Å². The third kappa shape index (κ3) is 4.09. The number of aliphatic hydroxyl groups is 1. The average Bonchev–Trinajstić information content (AvgIpc) is 2.63. The average molecular weight is 236 g/mol. The third-order valence-electron chi connectivity index (χ3n) is 3.03. The quantitative estimate of drug-likeness (QED) is 0.764. The van der Waals surface area contributed by atoms with Crippen molar-refractivity contribution in [1.29, 1.82) is 0 Å². The maximum atomic E-state index is 11.2. The summed E-state index contributed by atoms with van der Waals surface area (Å²) in [5.41, 5.74) is 0. The van der Waals surface area contributed by atoms with Crippen LogP contribution in [0.2, 0.25) is 0 Å². The number of rotatable bonds is 5. The lowest BCUT2D eigenvalue weighted by atomic mass is 10.1. The van der Waals surface area contributed by atoms with Crippen LogP contribution >= 0.6 is 0 Å². The van der Waals surface area contributed by atoms with Gasteiger partial charge in [-0.2, -0.15) is 0 Å². The van der Waals surface area contributed by atoms with E-state index in [1.165, 1.54) is 0 Å². The zero-order chi connectivity index (χ0) is 11.5. The van der Waals surface area contributed by atoms with Crippen LogP contribution in [0.4, 0.5) is 0 Å². The molecule has 5 heteroatoms. The Kier molecular flexibility index (Phi) is 4.55. The molecule has 0 spiro atoms. The van der Waals surface area contributed by atoms with Gasteiger partial charge in [0.15, 0.2) is 9.84 Å². The molecule has 1 fully saturated rings. The summed E-state index contributed by atoms with van der Waals surface area (Å²) >= 11 is 0. The maximum Gasteiger partial charge on any atom is 0.152 e. The van der Waals surface area contributed by atoms with Gasteiger partial charge in [0.25, 0.3) is 0 Å². The Morgan fingerprint density at radius 1 is 1.53 bits per heavy atom. The van der Waals surface area contributed by atoms with Crippen molar-refractivity contribution in [1.82, 2.24) is 0 Å². The summed E-state index contributed by atoms with van der Waals surface area (Å²) in [7, 11) is -3.14. The van der Waals surface area contributed by atoms with E-state index in [4.69, 9.17) is 4.74 Å². The summed E-state index contributed by atoms with van der Waals surface area (Å²) in [6.45, 7) is 2.35. The summed E-state index contributed by atoms with van der Waals surface area (Å²) in [6.07, 6.45) is 3.95. The standard InChI is InChI=1S/C10H20O4S/c1-8(15(2,12)13)10(11)6-5-9-4-3-7-14-9/h8-11H,3-7H2,1-2H3. The highest BCUT2D eigenvalue weighted by atomic mass is 32.2. The fourth-order valence-electron chi connectivity index (χ4n) is 1.75. The second kappa shape index (κ2) is 5.27. The van der Waals surface area contributed by atoms with Gasteiger partial charge in [0.05, 0.1) is 17.5 Å². The van der Waals surface area contributed by atoms with Gasteiger partial charge in [-0.15, -0.1) is 0 Å². The second-order valence-electron chi connectivity index (χ2n) is 4.31. The summed E-state index contributed by atoms with van der Waals surface area (Å²) in [5.74, 6) is 0. The Hall–Kier alpha value is -0.130. The van der Waals surface area contributed by atoms with E-state index in [-0.39, 0.29) is 6.10 Å². The molecule has 0 saturated carbocycles. The first-order valence-electron chi connectivity index (χ1n) is 5.40. The van der Waals surface area contributed by atoms with Crippen molar-refractivity contribution in [2.24, 2.45) is 0 Å². The lowest BCUT2D eigenvalue weighted by Crippen LogP contribution is -2.31. The van der Waals surface area contributed by atoms with Gasteiger partial charge in [-0.05, 0) is 32.6 Å². The van der Waals surface area contributed by atoms with Crippen LogP contribution in [-0.2, 0) is 14.6 Å². The SMILES string of the molecule is CC(C(O)CCC1CCCO1)S(C)(=O)=O. The molecule has 1 aliphatic rings. The molecular formula is C10H20O4S. The molecular weight excluding hydrogens is 216 g/mol. The predicted molar refractivity (Wildman–Crippen MR) is 58.5 cm³/mol.